The Morgan fingerprint density at radius 2 is 1.84 bits per heavy atom. The molecule has 4 N–H and O–H groups in total. The van der Waals surface area contributed by atoms with Gasteiger partial charge >= 0.3 is 5.97 Å². The minimum absolute atomic E-state index is 0.259. The van der Waals surface area contributed by atoms with Crippen molar-refractivity contribution in [2.45, 2.75) is 36.9 Å². The van der Waals surface area contributed by atoms with E-state index in [-0.39, 0.29) is 5.56 Å². The van der Waals surface area contributed by atoms with Crippen LogP contribution >= 0.6 is 11.6 Å². The molecule has 2 aliphatic rings. The quantitative estimate of drug-likeness (QED) is 0.449. The normalized spacial score (nSPS) is 31.4. The molecule has 0 aromatic heterocycles. The molecule has 0 saturated carbocycles. The molecule has 2 fully saturated rings. The summed E-state index contributed by atoms with van der Waals surface area (Å²) in [5.74, 6) is -3.50. The highest BCUT2D eigenvalue weighted by molar-refractivity contribution is 6.31. The minimum atomic E-state index is -2.04. The van der Waals surface area contributed by atoms with E-state index in [1.165, 1.54) is 6.07 Å². The third kappa shape index (κ3) is 3.48. The fourth-order valence-corrected chi connectivity index (χ4v) is 4.59. The van der Waals surface area contributed by atoms with Gasteiger partial charge in [0.1, 0.15) is 5.75 Å². The Morgan fingerprint density at radius 3 is 2.47 bits per heavy atom. The molecule has 172 valence electrons. The van der Waals surface area contributed by atoms with Gasteiger partial charge in [0.2, 0.25) is 5.60 Å². The van der Waals surface area contributed by atoms with Crippen LogP contribution in [0.25, 0.3) is 0 Å². The maximum absolute atomic E-state index is 12.7. The summed E-state index contributed by atoms with van der Waals surface area (Å²) in [6.45, 7) is 0.957. The highest BCUT2D eigenvalue weighted by Crippen LogP contribution is 2.52. The number of carbonyl (C=O) groups is 1. The van der Waals surface area contributed by atoms with Crippen LogP contribution in [0.4, 0.5) is 0 Å². The topological polar surface area (TPSA) is 126 Å². The van der Waals surface area contributed by atoms with Crippen molar-refractivity contribution in [1.82, 2.24) is 0 Å². The number of benzene rings is 2. The van der Waals surface area contributed by atoms with Crippen LogP contribution in [-0.4, -0.2) is 64.0 Å². The van der Waals surface area contributed by atoms with Crippen molar-refractivity contribution in [3.63, 3.8) is 0 Å². The lowest BCUT2D eigenvalue weighted by Gasteiger charge is -2.45. The van der Waals surface area contributed by atoms with Gasteiger partial charge in [0.25, 0.3) is 5.79 Å². The van der Waals surface area contributed by atoms with Gasteiger partial charge in [-0.3, -0.25) is 0 Å². The lowest BCUT2D eigenvalue weighted by Crippen LogP contribution is -2.64. The second-order valence-corrected chi connectivity index (χ2v) is 8.40. The van der Waals surface area contributed by atoms with Crippen LogP contribution in [0.5, 0.6) is 5.75 Å². The number of rotatable bonds is 7. The second kappa shape index (κ2) is 8.62. The summed E-state index contributed by atoms with van der Waals surface area (Å²) < 4.78 is 16.8. The monoisotopic (exact) mass is 464 g/mol. The molecule has 2 aromatic carbocycles. The van der Waals surface area contributed by atoms with E-state index in [4.69, 9.17) is 25.8 Å². The van der Waals surface area contributed by atoms with Crippen molar-refractivity contribution in [2.24, 2.45) is 5.92 Å². The van der Waals surface area contributed by atoms with Crippen LogP contribution in [0.2, 0.25) is 5.02 Å². The maximum atomic E-state index is 12.7. The predicted molar refractivity (Wildman–Crippen MR) is 113 cm³/mol. The van der Waals surface area contributed by atoms with Crippen LogP contribution < -0.4 is 4.74 Å². The Hall–Kier alpha value is -2.20. The average molecular weight is 465 g/mol. The summed E-state index contributed by atoms with van der Waals surface area (Å²) in [6.07, 6.45) is -2.82. The zero-order valence-electron chi connectivity index (χ0n) is 17.4. The van der Waals surface area contributed by atoms with E-state index in [0.717, 1.165) is 11.3 Å². The Balaban J connectivity index is 1.70. The first-order valence-electron chi connectivity index (χ1n) is 10.3. The largest absolute Gasteiger partial charge is 0.494 e. The van der Waals surface area contributed by atoms with Crippen LogP contribution in [-0.2, 0) is 26.5 Å². The van der Waals surface area contributed by atoms with Gasteiger partial charge in [0.15, 0.2) is 6.10 Å². The lowest BCUT2D eigenvalue weighted by atomic mass is 9.77. The first-order chi connectivity index (χ1) is 15.3. The summed E-state index contributed by atoms with van der Waals surface area (Å²) in [6, 6.07) is 12.3. The third-order valence-corrected chi connectivity index (χ3v) is 6.53. The van der Waals surface area contributed by atoms with E-state index in [1.807, 2.05) is 31.2 Å². The molecule has 1 unspecified atom stereocenters. The van der Waals surface area contributed by atoms with E-state index in [2.05, 4.69) is 0 Å². The van der Waals surface area contributed by atoms with Crippen molar-refractivity contribution in [1.29, 1.82) is 0 Å². The van der Waals surface area contributed by atoms with Gasteiger partial charge in [0.05, 0.1) is 31.8 Å². The zero-order chi connectivity index (χ0) is 23.1. The number of hydrogen-bond donors (Lipinski definition) is 4. The summed E-state index contributed by atoms with van der Waals surface area (Å²) in [5.41, 5.74) is -0.102. The molecule has 9 heteroatoms. The van der Waals surface area contributed by atoms with E-state index < -0.39 is 48.7 Å². The van der Waals surface area contributed by atoms with Crippen molar-refractivity contribution in [3.05, 3.63) is 64.2 Å². The first-order valence-corrected chi connectivity index (χ1v) is 10.7. The number of aliphatic hydroxyl groups is 4. The molecule has 2 aliphatic heterocycles. The number of hydrogen-bond acceptors (Lipinski definition) is 8. The van der Waals surface area contributed by atoms with E-state index in [1.54, 1.807) is 12.1 Å². The number of halogens is 1. The molecule has 5 atom stereocenters. The van der Waals surface area contributed by atoms with Gasteiger partial charge in [-0.05, 0) is 48.7 Å². The van der Waals surface area contributed by atoms with E-state index >= 15 is 0 Å². The molecule has 2 aromatic rings. The summed E-state index contributed by atoms with van der Waals surface area (Å²) in [7, 11) is 0. The molecule has 8 nitrogen and oxygen atoms in total. The average Bonchev–Trinajstić information content (AvgIpc) is 3.07. The summed E-state index contributed by atoms with van der Waals surface area (Å²) >= 11 is 6.40. The van der Waals surface area contributed by atoms with Crippen molar-refractivity contribution in [2.75, 3.05) is 19.8 Å². The molecular weight excluding hydrogens is 440 g/mol. The smallest absolute Gasteiger partial charge is 0.344 e. The summed E-state index contributed by atoms with van der Waals surface area (Å²) in [4.78, 5) is 12.7. The highest BCUT2D eigenvalue weighted by atomic mass is 35.5. The van der Waals surface area contributed by atoms with Crippen molar-refractivity contribution in [3.8, 4) is 5.75 Å². The molecule has 2 bridgehead atoms. The van der Waals surface area contributed by atoms with Gasteiger partial charge in [-0.2, -0.15) is 0 Å². The Kier molecular flexibility index (Phi) is 6.19. The third-order valence-electron chi connectivity index (χ3n) is 6.16. The molecule has 4 rings (SSSR count). The Labute approximate surface area is 189 Å². The Bertz CT molecular complexity index is 996. The number of carbonyl (C=O) groups excluding carboxylic acids is 1. The van der Waals surface area contributed by atoms with Gasteiger partial charge in [-0.25, -0.2) is 4.79 Å². The molecule has 0 amide bonds. The van der Waals surface area contributed by atoms with E-state index in [0.29, 0.717) is 23.6 Å². The number of aliphatic hydroxyl groups excluding tert-OH is 4. The number of esters is 1. The van der Waals surface area contributed by atoms with Gasteiger partial charge in [-0.1, -0.05) is 29.8 Å². The van der Waals surface area contributed by atoms with Crippen LogP contribution in [0.1, 0.15) is 23.6 Å². The predicted octanol–water partition coefficient (Wildman–Crippen LogP) is 1.13. The van der Waals surface area contributed by atoms with Crippen LogP contribution in [0.3, 0.4) is 0 Å². The molecule has 2 saturated heterocycles. The minimum Gasteiger partial charge on any atom is -0.494 e. The van der Waals surface area contributed by atoms with E-state index in [9.17, 15) is 25.2 Å². The standard InChI is InChI=1S/C23H25ClO8/c1-2-30-16-6-3-13(4-7-16)9-14-10-15(5-8-18(14)24)23-20(28)19(27)17(11-25)22(12-26,32-23)21(29)31-23/h3-8,10,17,19-20,25-28H,2,9,11-12H2,1H3/t17-,19?,20+,22+,23-/m0/s1. The fourth-order valence-electron chi connectivity index (χ4n) is 4.40. The van der Waals surface area contributed by atoms with Crippen LogP contribution in [0, 0.1) is 5.92 Å². The second-order valence-electron chi connectivity index (χ2n) is 7.99. The van der Waals surface area contributed by atoms with Crippen molar-refractivity contribution >= 4 is 17.6 Å². The van der Waals surface area contributed by atoms with Crippen LogP contribution in [0.15, 0.2) is 42.5 Å². The Morgan fingerprint density at radius 1 is 1.12 bits per heavy atom. The SMILES string of the molecule is CCOc1ccc(Cc2cc([C@]34OC(=O)[C@](CO)(O3)[C@@H](CO)C(O)[C@H]4O)ccc2Cl)cc1. The zero-order valence-corrected chi connectivity index (χ0v) is 18.2. The molecule has 0 spiro atoms. The number of fused-ring (bicyclic) bond motifs is 2. The molecular formula is C23H25ClO8. The van der Waals surface area contributed by atoms with Crippen molar-refractivity contribution < 1.29 is 39.4 Å². The number of ether oxygens (including phenoxy) is 3. The van der Waals surface area contributed by atoms with Gasteiger partial charge < -0.3 is 34.6 Å². The van der Waals surface area contributed by atoms with Gasteiger partial charge in [0, 0.05) is 10.6 Å². The summed E-state index contributed by atoms with van der Waals surface area (Å²) in [5, 5.41) is 41.5. The first kappa shape index (κ1) is 23.0. The molecule has 0 radical (unpaired) electrons. The fraction of sp³-hybridized carbons (Fsp3) is 0.435. The molecule has 0 aliphatic carbocycles. The highest BCUT2D eigenvalue weighted by Gasteiger charge is 2.72. The van der Waals surface area contributed by atoms with Gasteiger partial charge in [-0.15, -0.1) is 0 Å². The molecule has 2 heterocycles. The lowest BCUT2D eigenvalue weighted by molar-refractivity contribution is -0.323. The molecule has 32 heavy (non-hydrogen) atoms. The maximum Gasteiger partial charge on any atom is 0.344 e.